The van der Waals surface area contributed by atoms with Gasteiger partial charge in [-0.2, -0.15) is 0 Å². The van der Waals surface area contributed by atoms with Gasteiger partial charge >= 0.3 is 6.03 Å². The van der Waals surface area contributed by atoms with E-state index in [0.29, 0.717) is 25.0 Å². The second-order valence-electron chi connectivity index (χ2n) is 8.22. The molecule has 0 spiro atoms. The van der Waals surface area contributed by atoms with Crippen LogP contribution in [-0.2, 0) is 6.42 Å². The highest BCUT2D eigenvalue weighted by atomic mass is 16.5. The zero-order valence-electron chi connectivity index (χ0n) is 17.8. The zero-order chi connectivity index (χ0) is 21.1. The van der Waals surface area contributed by atoms with E-state index in [-0.39, 0.29) is 6.03 Å². The van der Waals surface area contributed by atoms with Gasteiger partial charge in [0.05, 0.1) is 7.11 Å². The SMILES string of the molecule is COc1ccc(NC(=O)N2CCC(n3c(CC(C)C)nc4cccnc43)CC2)cc1. The number of piperidine rings is 1. The van der Waals surface area contributed by atoms with Gasteiger partial charge in [-0.05, 0) is 55.2 Å². The van der Waals surface area contributed by atoms with Crippen LogP contribution in [0.2, 0.25) is 0 Å². The number of fused-ring (bicyclic) bond motifs is 1. The summed E-state index contributed by atoms with van der Waals surface area (Å²) >= 11 is 0. The van der Waals surface area contributed by atoms with Gasteiger partial charge in [-0.1, -0.05) is 13.8 Å². The van der Waals surface area contributed by atoms with Crippen LogP contribution < -0.4 is 10.1 Å². The molecule has 30 heavy (non-hydrogen) atoms. The summed E-state index contributed by atoms with van der Waals surface area (Å²) < 4.78 is 7.48. The number of benzene rings is 1. The topological polar surface area (TPSA) is 72.3 Å². The van der Waals surface area contributed by atoms with Gasteiger partial charge in [0.15, 0.2) is 5.65 Å². The Morgan fingerprint density at radius 3 is 2.60 bits per heavy atom. The number of carbonyl (C=O) groups is 1. The number of amides is 2. The summed E-state index contributed by atoms with van der Waals surface area (Å²) in [5.41, 5.74) is 2.68. The van der Waals surface area contributed by atoms with E-state index in [1.54, 1.807) is 7.11 Å². The first-order chi connectivity index (χ1) is 14.5. The third kappa shape index (κ3) is 4.25. The summed E-state index contributed by atoms with van der Waals surface area (Å²) in [6, 6.07) is 11.6. The molecule has 7 heteroatoms. The minimum atomic E-state index is -0.0605. The number of rotatable bonds is 5. The van der Waals surface area contributed by atoms with Crippen molar-refractivity contribution < 1.29 is 9.53 Å². The molecule has 1 saturated heterocycles. The number of aromatic nitrogens is 3. The standard InChI is InChI=1S/C23H29N5O2/c1-16(2)15-21-26-20-5-4-12-24-22(20)28(21)18-10-13-27(14-11-18)23(29)25-17-6-8-19(30-3)9-7-17/h4-9,12,16,18H,10-11,13-15H2,1-3H3,(H,25,29). The molecule has 0 bridgehead atoms. The van der Waals surface area contributed by atoms with Crippen LogP contribution >= 0.6 is 0 Å². The lowest BCUT2D eigenvalue weighted by atomic mass is 10.0. The van der Waals surface area contributed by atoms with E-state index >= 15 is 0 Å². The number of hydrogen-bond donors (Lipinski definition) is 1. The molecule has 2 amide bonds. The maximum Gasteiger partial charge on any atom is 0.321 e. The van der Waals surface area contributed by atoms with E-state index in [4.69, 9.17) is 9.72 Å². The number of nitrogens with zero attached hydrogens (tertiary/aromatic N) is 4. The van der Waals surface area contributed by atoms with Gasteiger partial charge in [0, 0.05) is 37.4 Å². The maximum atomic E-state index is 12.7. The molecule has 3 aromatic rings. The predicted molar refractivity (Wildman–Crippen MR) is 118 cm³/mol. The van der Waals surface area contributed by atoms with Crippen LogP contribution in [0.5, 0.6) is 5.75 Å². The minimum Gasteiger partial charge on any atom is -0.497 e. The molecule has 1 aromatic carbocycles. The van der Waals surface area contributed by atoms with Crippen LogP contribution in [-0.4, -0.2) is 45.7 Å². The number of carbonyl (C=O) groups excluding carboxylic acids is 1. The van der Waals surface area contributed by atoms with Crippen LogP contribution in [0.3, 0.4) is 0 Å². The van der Waals surface area contributed by atoms with E-state index in [1.165, 1.54) is 0 Å². The summed E-state index contributed by atoms with van der Waals surface area (Å²) in [4.78, 5) is 24.0. The van der Waals surface area contributed by atoms with Crippen molar-refractivity contribution in [2.75, 3.05) is 25.5 Å². The largest absolute Gasteiger partial charge is 0.497 e. The average molecular weight is 408 g/mol. The van der Waals surface area contributed by atoms with Crippen molar-refractivity contribution in [1.29, 1.82) is 0 Å². The summed E-state index contributed by atoms with van der Waals surface area (Å²) in [6.07, 6.45) is 4.54. The molecule has 1 aliphatic heterocycles. The van der Waals surface area contributed by atoms with Crippen molar-refractivity contribution in [1.82, 2.24) is 19.4 Å². The second-order valence-corrected chi connectivity index (χ2v) is 8.22. The number of imidazole rings is 1. The summed E-state index contributed by atoms with van der Waals surface area (Å²) in [5.74, 6) is 2.39. The Morgan fingerprint density at radius 2 is 1.93 bits per heavy atom. The number of pyridine rings is 1. The Hall–Kier alpha value is -3.09. The van der Waals surface area contributed by atoms with Crippen LogP contribution in [0.25, 0.3) is 11.2 Å². The monoisotopic (exact) mass is 407 g/mol. The number of hydrogen-bond acceptors (Lipinski definition) is 4. The lowest BCUT2D eigenvalue weighted by Gasteiger charge is -2.33. The smallest absolute Gasteiger partial charge is 0.321 e. The molecular weight excluding hydrogens is 378 g/mol. The summed E-state index contributed by atoms with van der Waals surface area (Å²) in [6.45, 7) is 5.84. The van der Waals surface area contributed by atoms with Crippen molar-refractivity contribution in [3.8, 4) is 5.75 Å². The molecule has 0 unspecified atom stereocenters. The minimum absolute atomic E-state index is 0.0605. The molecule has 1 aliphatic rings. The van der Waals surface area contributed by atoms with Gasteiger partial charge in [-0.15, -0.1) is 0 Å². The number of methoxy groups -OCH3 is 1. The number of ether oxygens (including phenoxy) is 1. The van der Waals surface area contributed by atoms with Gasteiger partial charge in [0.1, 0.15) is 17.1 Å². The first-order valence-corrected chi connectivity index (χ1v) is 10.6. The summed E-state index contributed by atoms with van der Waals surface area (Å²) in [5, 5.41) is 2.98. The van der Waals surface area contributed by atoms with E-state index in [9.17, 15) is 4.79 Å². The molecule has 0 saturated carbocycles. The molecule has 4 rings (SSSR count). The number of anilines is 1. The Balaban J connectivity index is 1.44. The number of likely N-dealkylation sites (tertiary alicyclic amines) is 1. The van der Waals surface area contributed by atoms with Crippen molar-refractivity contribution >= 4 is 22.9 Å². The first kappa shape index (κ1) is 20.2. The highest BCUT2D eigenvalue weighted by molar-refractivity contribution is 5.89. The fourth-order valence-electron chi connectivity index (χ4n) is 4.07. The van der Waals surface area contributed by atoms with Gasteiger partial charge in [0.2, 0.25) is 0 Å². The molecule has 3 heterocycles. The van der Waals surface area contributed by atoms with Crippen LogP contribution in [0.1, 0.15) is 38.6 Å². The first-order valence-electron chi connectivity index (χ1n) is 10.6. The van der Waals surface area contributed by atoms with Crippen molar-refractivity contribution in [2.45, 2.75) is 39.2 Å². The van der Waals surface area contributed by atoms with Crippen LogP contribution in [0.15, 0.2) is 42.6 Å². The average Bonchev–Trinajstić information content (AvgIpc) is 3.11. The fraction of sp³-hybridized carbons (Fsp3) is 0.435. The molecule has 0 radical (unpaired) electrons. The highest BCUT2D eigenvalue weighted by Crippen LogP contribution is 2.29. The van der Waals surface area contributed by atoms with Crippen molar-refractivity contribution in [3.63, 3.8) is 0 Å². The lowest BCUT2D eigenvalue weighted by molar-refractivity contribution is 0.183. The number of urea groups is 1. The Bertz CT molecular complexity index is 1000. The Morgan fingerprint density at radius 1 is 1.20 bits per heavy atom. The number of nitrogens with one attached hydrogen (secondary N) is 1. The van der Waals surface area contributed by atoms with E-state index in [0.717, 1.165) is 47.7 Å². The van der Waals surface area contributed by atoms with E-state index in [2.05, 4.69) is 28.7 Å². The van der Waals surface area contributed by atoms with Crippen LogP contribution in [0.4, 0.5) is 10.5 Å². The van der Waals surface area contributed by atoms with E-state index in [1.807, 2.05) is 47.5 Å². The van der Waals surface area contributed by atoms with Crippen molar-refractivity contribution in [3.05, 3.63) is 48.4 Å². The molecule has 1 fully saturated rings. The van der Waals surface area contributed by atoms with Gasteiger partial charge < -0.3 is 19.5 Å². The predicted octanol–water partition coefficient (Wildman–Crippen LogP) is 4.51. The third-order valence-electron chi connectivity index (χ3n) is 5.57. The normalized spacial score (nSPS) is 15.0. The lowest BCUT2D eigenvalue weighted by Crippen LogP contribution is -2.41. The van der Waals surface area contributed by atoms with E-state index < -0.39 is 0 Å². The van der Waals surface area contributed by atoms with Crippen molar-refractivity contribution in [2.24, 2.45) is 5.92 Å². The van der Waals surface area contributed by atoms with Gasteiger partial charge in [-0.25, -0.2) is 14.8 Å². The second kappa shape index (κ2) is 8.73. The molecule has 1 N–H and O–H groups in total. The Labute approximate surface area is 177 Å². The van der Waals surface area contributed by atoms with Gasteiger partial charge in [0.25, 0.3) is 0 Å². The maximum absolute atomic E-state index is 12.7. The van der Waals surface area contributed by atoms with Crippen LogP contribution in [0, 0.1) is 5.92 Å². The molecule has 158 valence electrons. The highest BCUT2D eigenvalue weighted by Gasteiger charge is 2.27. The molecule has 0 atom stereocenters. The molecular formula is C23H29N5O2. The zero-order valence-corrected chi connectivity index (χ0v) is 17.8. The quantitative estimate of drug-likeness (QED) is 0.676. The molecule has 7 nitrogen and oxygen atoms in total. The molecule has 2 aromatic heterocycles. The third-order valence-corrected chi connectivity index (χ3v) is 5.57. The van der Waals surface area contributed by atoms with Gasteiger partial charge in [-0.3, -0.25) is 0 Å². The molecule has 0 aliphatic carbocycles. The summed E-state index contributed by atoms with van der Waals surface area (Å²) in [7, 11) is 1.63. The fourth-order valence-corrected chi connectivity index (χ4v) is 4.07. The Kier molecular flexibility index (Phi) is 5.88.